The van der Waals surface area contributed by atoms with E-state index in [1.165, 1.54) is 36.9 Å². The maximum atomic E-state index is 13.2. The highest BCUT2D eigenvalue weighted by Crippen LogP contribution is 2.40. The smallest absolute Gasteiger partial charge is 0.331 e. The van der Waals surface area contributed by atoms with E-state index in [2.05, 4.69) is 0 Å². The van der Waals surface area contributed by atoms with Crippen molar-refractivity contribution < 1.29 is 14.3 Å². The number of hydrogen-bond acceptors (Lipinski definition) is 2. The van der Waals surface area contributed by atoms with Gasteiger partial charge in [0.15, 0.2) is 0 Å². The van der Waals surface area contributed by atoms with E-state index in [0.29, 0.717) is 21.9 Å². The van der Waals surface area contributed by atoms with Gasteiger partial charge in [-0.3, -0.25) is 0 Å². The zero-order valence-electron chi connectivity index (χ0n) is 9.54. The maximum absolute atomic E-state index is 13.2. The second-order valence-corrected chi connectivity index (χ2v) is 5.30. The molecule has 1 heterocycles. The number of hydrogen-bond donors (Lipinski definition) is 1. The van der Waals surface area contributed by atoms with E-state index in [-0.39, 0.29) is 11.4 Å². The quantitative estimate of drug-likeness (QED) is 0.837. The third-order valence-electron chi connectivity index (χ3n) is 2.57. The van der Waals surface area contributed by atoms with Gasteiger partial charge < -0.3 is 5.11 Å². The lowest BCUT2D eigenvalue weighted by Gasteiger charge is -2.17. The molecule has 0 aliphatic carbocycles. The van der Waals surface area contributed by atoms with Crippen LogP contribution < -0.4 is 0 Å². The molecule has 0 saturated heterocycles. The van der Waals surface area contributed by atoms with Crippen molar-refractivity contribution in [3.63, 3.8) is 0 Å². The minimum Gasteiger partial charge on any atom is -0.478 e. The summed E-state index contributed by atoms with van der Waals surface area (Å²) in [6.07, 6.45) is 1.53. The molecule has 1 aromatic rings. The van der Waals surface area contributed by atoms with E-state index >= 15 is 0 Å². The molecule has 2 rings (SSSR count). The predicted octanol–water partition coefficient (Wildman–Crippen LogP) is 3.91. The lowest BCUT2D eigenvalue weighted by molar-refractivity contribution is -0.132. The van der Waals surface area contributed by atoms with Crippen molar-refractivity contribution in [3.05, 3.63) is 46.8 Å². The first-order chi connectivity index (χ1) is 8.49. The molecule has 1 aromatic carbocycles. The van der Waals surface area contributed by atoms with Gasteiger partial charge in [0, 0.05) is 21.8 Å². The lowest BCUT2D eigenvalue weighted by Crippen LogP contribution is -2.02. The van der Waals surface area contributed by atoms with Crippen LogP contribution in [0.1, 0.15) is 12.5 Å². The Morgan fingerprint density at radius 3 is 2.94 bits per heavy atom. The van der Waals surface area contributed by atoms with E-state index in [0.717, 1.165) is 4.90 Å². The van der Waals surface area contributed by atoms with Gasteiger partial charge in [0.1, 0.15) is 5.82 Å². The summed E-state index contributed by atoms with van der Waals surface area (Å²) in [5.74, 6) is -0.753. The number of aliphatic carboxylic acids is 1. The fourth-order valence-corrected chi connectivity index (χ4v) is 3.05. The summed E-state index contributed by atoms with van der Waals surface area (Å²) in [7, 11) is 0. The van der Waals surface area contributed by atoms with Crippen LogP contribution in [0.25, 0.3) is 5.03 Å². The second-order valence-electron chi connectivity index (χ2n) is 3.90. The summed E-state index contributed by atoms with van der Waals surface area (Å²) < 4.78 is 13.2. The third kappa shape index (κ3) is 2.60. The van der Waals surface area contributed by atoms with Crippen LogP contribution in [-0.2, 0) is 4.79 Å². The predicted molar refractivity (Wildman–Crippen MR) is 71.3 cm³/mol. The molecule has 0 saturated carbocycles. The minimum atomic E-state index is -0.984. The van der Waals surface area contributed by atoms with Crippen LogP contribution in [0.3, 0.4) is 0 Å². The van der Waals surface area contributed by atoms with Gasteiger partial charge in [-0.15, -0.1) is 11.8 Å². The minimum absolute atomic E-state index is 0.212. The molecule has 18 heavy (non-hydrogen) atoms. The molecule has 2 nitrogen and oxygen atoms in total. The fraction of sp³-hybridized carbons (Fsp3) is 0.154. The first kappa shape index (κ1) is 13.2. The zero-order valence-corrected chi connectivity index (χ0v) is 11.1. The van der Waals surface area contributed by atoms with Crippen molar-refractivity contribution in [3.8, 4) is 0 Å². The lowest BCUT2D eigenvalue weighted by atomic mass is 10.1. The maximum Gasteiger partial charge on any atom is 0.331 e. The monoisotopic (exact) mass is 284 g/mol. The van der Waals surface area contributed by atoms with Crippen LogP contribution in [0.5, 0.6) is 0 Å². The molecule has 0 amide bonds. The Labute approximate surface area is 113 Å². The molecule has 1 N–H and O–H groups in total. The molecule has 0 aromatic heterocycles. The normalized spacial score (nSPS) is 15.6. The molecular weight excluding hydrogens is 275 g/mol. The van der Waals surface area contributed by atoms with Crippen molar-refractivity contribution >= 4 is 34.4 Å². The number of benzene rings is 1. The van der Waals surface area contributed by atoms with Crippen molar-refractivity contribution in [2.75, 3.05) is 5.75 Å². The number of rotatable bonds is 2. The molecule has 0 radical (unpaired) electrons. The van der Waals surface area contributed by atoms with Gasteiger partial charge in [-0.25, -0.2) is 9.18 Å². The van der Waals surface area contributed by atoms with Crippen LogP contribution >= 0.6 is 23.4 Å². The Bertz CT molecular complexity index is 578. The van der Waals surface area contributed by atoms with Gasteiger partial charge in [0.25, 0.3) is 0 Å². The highest BCUT2D eigenvalue weighted by molar-refractivity contribution is 7.99. The van der Waals surface area contributed by atoms with Crippen molar-refractivity contribution in [1.82, 2.24) is 0 Å². The number of allylic oxidation sites excluding steroid dienone is 1. The van der Waals surface area contributed by atoms with Crippen LogP contribution in [-0.4, -0.2) is 16.8 Å². The summed E-state index contributed by atoms with van der Waals surface area (Å²) in [5.41, 5.74) is 1.54. The standard InChI is InChI=1S/C13H10ClFO2S/c1-7(13(16)17)4-8-6-18-11-3-2-9(15)5-10(11)12(8)14/h2-5H,6H2,1H3,(H,16,17)/b7-4+. The number of carboxylic acid groups (broad SMARTS) is 1. The number of fused-ring (bicyclic) bond motifs is 1. The van der Waals surface area contributed by atoms with Crippen molar-refractivity contribution in [2.45, 2.75) is 11.8 Å². The van der Waals surface area contributed by atoms with Gasteiger partial charge in [0.2, 0.25) is 0 Å². The topological polar surface area (TPSA) is 37.3 Å². The van der Waals surface area contributed by atoms with Crippen molar-refractivity contribution in [2.24, 2.45) is 0 Å². The molecule has 5 heteroatoms. The summed E-state index contributed by atoms with van der Waals surface area (Å²) in [6.45, 7) is 1.51. The van der Waals surface area contributed by atoms with Crippen molar-refractivity contribution in [1.29, 1.82) is 0 Å². The summed E-state index contributed by atoms with van der Waals surface area (Å²) >= 11 is 7.71. The summed E-state index contributed by atoms with van der Waals surface area (Å²) in [4.78, 5) is 11.7. The Kier molecular flexibility index (Phi) is 3.78. The Hall–Kier alpha value is -1.26. The summed E-state index contributed by atoms with van der Waals surface area (Å²) in [6, 6.07) is 4.44. The van der Waals surface area contributed by atoms with E-state index in [9.17, 15) is 9.18 Å². The molecule has 0 bridgehead atoms. The highest BCUT2D eigenvalue weighted by atomic mass is 35.5. The molecular formula is C13H10ClFO2S. The number of halogens is 2. The highest BCUT2D eigenvalue weighted by Gasteiger charge is 2.18. The van der Waals surface area contributed by atoms with E-state index in [4.69, 9.17) is 16.7 Å². The fourth-order valence-electron chi connectivity index (χ4n) is 1.62. The Morgan fingerprint density at radius 1 is 1.56 bits per heavy atom. The zero-order chi connectivity index (χ0) is 13.3. The molecule has 0 spiro atoms. The SMILES string of the molecule is C/C(=C\C1=C(Cl)c2cc(F)ccc2SC1)C(=O)O. The van der Waals surface area contributed by atoms with Crippen LogP contribution in [0.15, 0.2) is 40.3 Å². The van der Waals surface area contributed by atoms with E-state index in [1.54, 1.807) is 6.07 Å². The van der Waals surface area contributed by atoms with E-state index in [1.807, 2.05) is 0 Å². The van der Waals surface area contributed by atoms with Crippen LogP contribution in [0.4, 0.5) is 4.39 Å². The second kappa shape index (κ2) is 5.16. The molecule has 0 fully saturated rings. The first-order valence-electron chi connectivity index (χ1n) is 5.22. The average molecular weight is 285 g/mol. The molecule has 0 unspecified atom stereocenters. The first-order valence-corrected chi connectivity index (χ1v) is 6.58. The van der Waals surface area contributed by atoms with Gasteiger partial charge in [0.05, 0.1) is 5.03 Å². The molecule has 1 aliphatic rings. The van der Waals surface area contributed by atoms with Gasteiger partial charge in [-0.05, 0) is 36.8 Å². The molecule has 94 valence electrons. The van der Waals surface area contributed by atoms with Crippen LogP contribution in [0.2, 0.25) is 0 Å². The molecule has 0 atom stereocenters. The largest absolute Gasteiger partial charge is 0.478 e. The van der Waals surface area contributed by atoms with E-state index < -0.39 is 5.97 Å². The third-order valence-corrected chi connectivity index (χ3v) is 4.14. The Balaban J connectivity index is 2.48. The van der Waals surface area contributed by atoms with Gasteiger partial charge >= 0.3 is 5.97 Å². The number of thioether (sulfide) groups is 1. The number of carboxylic acids is 1. The van der Waals surface area contributed by atoms with Gasteiger partial charge in [-0.1, -0.05) is 11.6 Å². The Morgan fingerprint density at radius 2 is 2.28 bits per heavy atom. The van der Waals surface area contributed by atoms with Gasteiger partial charge in [-0.2, -0.15) is 0 Å². The molecule has 1 aliphatic heterocycles. The average Bonchev–Trinajstić information content (AvgIpc) is 2.33. The summed E-state index contributed by atoms with van der Waals surface area (Å²) in [5, 5.41) is 9.26. The van der Waals surface area contributed by atoms with Crippen LogP contribution in [0, 0.1) is 5.82 Å². The number of carbonyl (C=O) groups is 1.